The number of hydrogen-bond acceptors (Lipinski definition) is 4. The quantitative estimate of drug-likeness (QED) is 0.917. The molecule has 1 aromatic carbocycles. The summed E-state index contributed by atoms with van der Waals surface area (Å²) < 4.78 is 3.93. The third kappa shape index (κ3) is 3.42. The van der Waals surface area contributed by atoms with Crippen molar-refractivity contribution >= 4 is 17.4 Å². The fourth-order valence-corrected chi connectivity index (χ4v) is 2.63. The van der Waals surface area contributed by atoms with E-state index in [0.29, 0.717) is 10.6 Å². The van der Waals surface area contributed by atoms with Crippen molar-refractivity contribution < 1.29 is 4.79 Å². The molecule has 0 spiro atoms. The van der Waals surface area contributed by atoms with Crippen LogP contribution in [0.1, 0.15) is 41.9 Å². The number of aromatic nitrogens is 2. The third-order valence-electron chi connectivity index (χ3n) is 3.12. The average molecular weight is 289 g/mol. The lowest BCUT2D eigenvalue weighted by Gasteiger charge is -2.12. The fraction of sp³-hybridized carbons (Fsp3) is 0.400. The van der Waals surface area contributed by atoms with Gasteiger partial charge in [-0.25, -0.2) is 0 Å². The number of aryl methyl sites for hydroxylation is 1. The summed E-state index contributed by atoms with van der Waals surface area (Å²) in [4.78, 5) is 12.9. The molecule has 5 heteroatoms. The highest BCUT2D eigenvalue weighted by molar-refractivity contribution is 7.08. The van der Waals surface area contributed by atoms with Gasteiger partial charge in [-0.05, 0) is 31.8 Å². The van der Waals surface area contributed by atoms with Crippen LogP contribution < -0.4 is 5.32 Å². The molecule has 0 radical (unpaired) electrons. The molecule has 106 valence electrons. The Hall–Kier alpha value is -1.75. The summed E-state index contributed by atoms with van der Waals surface area (Å²) in [5.74, 6) is -0.0866. The molecule has 0 aliphatic carbocycles. The van der Waals surface area contributed by atoms with E-state index in [2.05, 4.69) is 21.8 Å². The van der Waals surface area contributed by atoms with E-state index in [1.165, 1.54) is 5.56 Å². The molecule has 1 aromatic heterocycles. The van der Waals surface area contributed by atoms with E-state index in [9.17, 15) is 4.79 Å². The molecule has 0 saturated carbocycles. The molecule has 0 bridgehead atoms. The molecule has 0 saturated heterocycles. The van der Waals surface area contributed by atoms with Crippen LogP contribution in [-0.2, 0) is 0 Å². The lowest BCUT2D eigenvalue weighted by Crippen LogP contribution is -2.32. The Bertz CT molecular complexity index is 577. The van der Waals surface area contributed by atoms with Gasteiger partial charge in [-0.3, -0.25) is 4.79 Å². The van der Waals surface area contributed by atoms with Gasteiger partial charge in [0.05, 0.1) is 0 Å². The first kappa shape index (κ1) is 14.7. The van der Waals surface area contributed by atoms with Gasteiger partial charge in [0.25, 0.3) is 5.91 Å². The largest absolute Gasteiger partial charge is 0.349 e. The number of rotatable bonds is 5. The Morgan fingerprint density at radius 3 is 2.70 bits per heavy atom. The molecule has 1 N–H and O–H groups in total. The van der Waals surface area contributed by atoms with Crippen LogP contribution in [0.2, 0.25) is 0 Å². The zero-order valence-corrected chi connectivity index (χ0v) is 12.8. The standard InChI is InChI=1S/C15H19N3OS/c1-4-5-11(3)16-15(19)14-13(17-18-20-14)12-8-6-10(2)7-9-12/h6-9,11H,4-5H2,1-3H3,(H,16,19). The highest BCUT2D eigenvalue weighted by Gasteiger charge is 2.18. The van der Waals surface area contributed by atoms with Crippen LogP contribution in [0.15, 0.2) is 24.3 Å². The first-order chi connectivity index (χ1) is 9.61. The van der Waals surface area contributed by atoms with E-state index in [1.807, 2.05) is 38.1 Å². The molecule has 2 rings (SSSR count). The molecule has 0 fully saturated rings. The number of nitrogens with one attached hydrogen (secondary N) is 1. The maximum Gasteiger partial charge on any atom is 0.265 e. The molecule has 20 heavy (non-hydrogen) atoms. The zero-order chi connectivity index (χ0) is 14.5. The van der Waals surface area contributed by atoms with Gasteiger partial charge < -0.3 is 5.32 Å². The highest BCUT2D eigenvalue weighted by atomic mass is 32.1. The SMILES string of the molecule is CCCC(C)NC(=O)c1snnc1-c1ccc(C)cc1. The minimum Gasteiger partial charge on any atom is -0.349 e. The molecule has 1 atom stereocenters. The van der Waals surface area contributed by atoms with Crippen molar-refractivity contribution in [2.45, 2.75) is 39.7 Å². The van der Waals surface area contributed by atoms with E-state index in [4.69, 9.17) is 0 Å². The molecule has 4 nitrogen and oxygen atoms in total. The first-order valence-electron chi connectivity index (χ1n) is 6.82. The van der Waals surface area contributed by atoms with E-state index < -0.39 is 0 Å². The summed E-state index contributed by atoms with van der Waals surface area (Å²) in [6.45, 7) is 6.15. The second-order valence-corrected chi connectivity index (χ2v) is 5.73. The van der Waals surface area contributed by atoms with Crippen LogP contribution in [-0.4, -0.2) is 21.5 Å². The summed E-state index contributed by atoms with van der Waals surface area (Å²) in [6, 6.07) is 8.13. The Kier molecular flexibility index (Phi) is 4.84. The fourth-order valence-electron chi connectivity index (χ4n) is 2.03. The normalized spacial score (nSPS) is 12.2. The average Bonchev–Trinajstić information content (AvgIpc) is 2.89. The van der Waals surface area contributed by atoms with Crippen LogP contribution in [0.25, 0.3) is 11.3 Å². The predicted molar refractivity (Wildman–Crippen MR) is 81.9 cm³/mol. The monoisotopic (exact) mass is 289 g/mol. The number of carbonyl (C=O) groups excluding carboxylic acids is 1. The highest BCUT2D eigenvalue weighted by Crippen LogP contribution is 2.24. The summed E-state index contributed by atoms with van der Waals surface area (Å²) in [7, 11) is 0. The van der Waals surface area contributed by atoms with Crippen LogP contribution in [0.3, 0.4) is 0 Å². The van der Waals surface area contributed by atoms with Crippen molar-refractivity contribution in [3.05, 3.63) is 34.7 Å². The minimum absolute atomic E-state index is 0.0866. The van der Waals surface area contributed by atoms with Gasteiger partial charge >= 0.3 is 0 Å². The Labute approximate surface area is 123 Å². The van der Waals surface area contributed by atoms with Crippen molar-refractivity contribution in [1.82, 2.24) is 14.9 Å². The van der Waals surface area contributed by atoms with Gasteiger partial charge in [0.15, 0.2) is 0 Å². The number of carbonyl (C=O) groups is 1. The van der Waals surface area contributed by atoms with E-state index in [1.54, 1.807) is 0 Å². The zero-order valence-electron chi connectivity index (χ0n) is 12.0. The molecule has 2 aromatic rings. The number of amides is 1. The van der Waals surface area contributed by atoms with Crippen LogP contribution in [0, 0.1) is 6.92 Å². The van der Waals surface area contributed by atoms with Crippen molar-refractivity contribution in [2.75, 3.05) is 0 Å². The van der Waals surface area contributed by atoms with Gasteiger partial charge in [-0.1, -0.05) is 47.7 Å². The molecule has 0 aliphatic rings. The summed E-state index contributed by atoms with van der Waals surface area (Å²) >= 11 is 1.14. The lowest BCUT2D eigenvalue weighted by atomic mass is 10.1. The molecular weight excluding hydrogens is 270 g/mol. The summed E-state index contributed by atoms with van der Waals surface area (Å²) in [5, 5.41) is 7.09. The second-order valence-electron chi connectivity index (χ2n) is 4.98. The number of benzene rings is 1. The Morgan fingerprint density at radius 2 is 2.05 bits per heavy atom. The smallest absolute Gasteiger partial charge is 0.265 e. The van der Waals surface area contributed by atoms with Crippen molar-refractivity contribution in [2.24, 2.45) is 0 Å². The van der Waals surface area contributed by atoms with Crippen molar-refractivity contribution in [3.63, 3.8) is 0 Å². The van der Waals surface area contributed by atoms with Crippen molar-refractivity contribution in [3.8, 4) is 11.3 Å². The molecule has 1 unspecified atom stereocenters. The Morgan fingerprint density at radius 1 is 1.35 bits per heavy atom. The van der Waals surface area contributed by atoms with Crippen LogP contribution in [0.5, 0.6) is 0 Å². The van der Waals surface area contributed by atoms with Crippen LogP contribution in [0.4, 0.5) is 0 Å². The molecule has 0 aliphatic heterocycles. The topological polar surface area (TPSA) is 54.9 Å². The van der Waals surface area contributed by atoms with Gasteiger partial charge in [0, 0.05) is 11.6 Å². The second kappa shape index (κ2) is 6.61. The Balaban J connectivity index is 2.20. The van der Waals surface area contributed by atoms with E-state index in [-0.39, 0.29) is 11.9 Å². The third-order valence-corrected chi connectivity index (χ3v) is 3.84. The maximum absolute atomic E-state index is 12.3. The number of nitrogens with zero attached hydrogens (tertiary/aromatic N) is 2. The summed E-state index contributed by atoms with van der Waals surface area (Å²) in [5.41, 5.74) is 2.77. The maximum atomic E-state index is 12.3. The van der Waals surface area contributed by atoms with E-state index >= 15 is 0 Å². The van der Waals surface area contributed by atoms with E-state index in [0.717, 1.165) is 29.9 Å². The van der Waals surface area contributed by atoms with Gasteiger partial charge in [-0.2, -0.15) is 0 Å². The molecule has 1 amide bonds. The van der Waals surface area contributed by atoms with Gasteiger partial charge in [-0.15, -0.1) is 5.10 Å². The number of hydrogen-bond donors (Lipinski definition) is 1. The minimum atomic E-state index is -0.0866. The van der Waals surface area contributed by atoms with Crippen molar-refractivity contribution in [1.29, 1.82) is 0 Å². The van der Waals surface area contributed by atoms with Gasteiger partial charge in [0.1, 0.15) is 10.6 Å². The summed E-state index contributed by atoms with van der Waals surface area (Å²) in [6.07, 6.45) is 2.02. The first-order valence-corrected chi connectivity index (χ1v) is 7.59. The molecule has 1 heterocycles. The molecular formula is C15H19N3OS. The predicted octanol–water partition coefficient (Wildman–Crippen LogP) is 3.43. The lowest BCUT2D eigenvalue weighted by molar-refractivity contribution is 0.0943. The van der Waals surface area contributed by atoms with Crippen LogP contribution >= 0.6 is 11.5 Å². The van der Waals surface area contributed by atoms with Gasteiger partial charge in [0.2, 0.25) is 0 Å².